The molecule has 0 aliphatic heterocycles. The lowest BCUT2D eigenvalue weighted by Gasteiger charge is -2.10. The molecule has 0 aliphatic rings. The summed E-state index contributed by atoms with van der Waals surface area (Å²) in [5.74, 6) is -2.30. The van der Waals surface area contributed by atoms with E-state index in [2.05, 4.69) is 4.72 Å². The van der Waals surface area contributed by atoms with E-state index in [9.17, 15) is 17.6 Å². The standard InChI is InChI=1S/C11H14FNO5S/c1-18-5-2-6-19(16,17)13-10-7-8(12)3-4-9(10)11(14)15/h3-4,7,13H,2,5-6H2,1H3,(H,14,15). The zero-order valence-corrected chi connectivity index (χ0v) is 11.0. The Kier molecular flexibility index (Phi) is 5.25. The monoisotopic (exact) mass is 291 g/mol. The van der Waals surface area contributed by atoms with Gasteiger partial charge in [0.2, 0.25) is 10.0 Å². The lowest BCUT2D eigenvalue weighted by Crippen LogP contribution is -2.19. The van der Waals surface area contributed by atoms with Crippen molar-refractivity contribution in [2.75, 3.05) is 24.2 Å². The van der Waals surface area contributed by atoms with Gasteiger partial charge in [-0.1, -0.05) is 0 Å². The molecule has 1 aromatic rings. The van der Waals surface area contributed by atoms with Gasteiger partial charge < -0.3 is 9.84 Å². The lowest BCUT2D eigenvalue weighted by atomic mass is 10.2. The molecule has 0 unspecified atom stereocenters. The maximum absolute atomic E-state index is 13.0. The Morgan fingerprint density at radius 2 is 2.16 bits per heavy atom. The van der Waals surface area contributed by atoms with Crippen molar-refractivity contribution < 1.29 is 27.4 Å². The van der Waals surface area contributed by atoms with Gasteiger partial charge in [0.25, 0.3) is 0 Å². The van der Waals surface area contributed by atoms with Crippen molar-refractivity contribution in [3.8, 4) is 0 Å². The molecule has 0 aromatic heterocycles. The molecule has 6 nitrogen and oxygen atoms in total. The van der Waals surface area contributed by atoms with Gasteiger partial charge in [0.15, 0.2) is 0 Å². The van der Waals surface area contributed by atoms with Crippen molar-refractivity contribution in [2.24, 2.45) is 0 Å². The third kappa shape index (κ3) is 4.84. The van der Waals surface area contributed by atoms with Crippen molar-refractivity contribution >= 4 is 21.7 Å². The smallest absolute Gasteiger partial charge is 0.337 e. The molecule has 0 amide bonds. The van der Waals surface area contributed by atoms with E-state index in [0.29, 0.717) is 0 Å². The molecular weight excluding hydrogens is 277 g/mol. The number of ether oxygens (including phenoxy) is 1. The summed E-state index contributed by atoms with van der Waals surface area (Å²) >= 11 is 0. The number of halogens is 1. The van der Waals surface area contributed by atoms with Crippen molar-refractivity contribution in [3.05, 3.63) is 29.6 Å². The zero-order chi connectivity index (χ0) is 14.5. The van der Waals surface area contributed by atoms with Crippen LogP contribution >= 0.6 is 0 Å². The van der Waals surface area contributed by atoms with Gasteiger partial charge >= 0.3 is 5.97 Å². The largest absolute Gasteiger partial charge is 0.478 e. The minimum atomic E-state index is -3.74. The van der Waals surface area contributed by atoms with Crippen molar-refractivity contribution in [3.63, 3.8) is 0 Å². The molecule has 106 valence electrons. The third-order valence-electron chi connectivity index (χ3n) is 2.24. The van der Waals surface area contributed by atoms with Crippen LogP contribution in [-0.2, 0) is 14.8 Å². The van der Waals surface area contributed by atoms with E-state index >= 15 is 0 Å². The minimum Gasteiger partial charge on any atom is -0.478 e. The Morgan fingerprint density at radius 3 is 2.74 bits per heavy atom. The molecule has 8 heteroatoms. The molecule has 1 aromatic carbocycles. The summed E-state index contributed by atoms with van der Waals surface area (Å²) in [6.07, 6.45) is 0.254. The first-order valence-electron chi connectivity index (χ1n) is 5.38. The minimum absolute atomic E-state index is 0.240. The fraction of sp³-hybridized carbons (Fsp3) is 0.364. The first kappa shape index (κ1) is 15.4. The van der Waals surface area contributed by atoms with Gasteiger partial charge in [-0.15, -0.1) is 0 Å². The summed E-state index contributed by atoms with van der Waals surface area (Å²) in [7, 11) is -2.30. The van der Waals surface area contributed by atoms with Crippen LogP contribution in [0.4, 0.5) is 10.1 Å². The van der Waals surface area contributed by atoms with Crippen LogP contribution in [0.15, 0.2) is 18.2 Å². The Hall–Kier alpha value is -1.67. The molecule has 19 heavy (non-hydrogen) atoms. The van der Waals surface area contributed by atoms with Gasteiger partial charge in [-0.3, -0.25) is 4.72 Å². The molecule has 2 N–H and O–H groups in total. The van der Waals surface area contributed by atoms with E-state index in [1.807, 2.05) is 0 Å². The normalized spacial score (nSPS) is 11.3. The van der Waals surface area contributed by atoms with Gasteiger partial charge in [-0.05, 0) is 24.6 Å². The van der Waals surface area contributed by atoms with Crippen molar-refractivity contribution in [1.29, 1.82) is 0 Å². The van der Waals surface area contributed by atoms with Crippen LogP contribution in [0.3, 0.4) is 0 Å². The zero-order valence-electron chi connectivity index (χ0n) is 10.2. The van der Waals surface area contributed by atoms with E-state index in [1.54, 1.807) is 0 Å². The fourth-order valence-electron chi connectivity index (χ4n) is 1.40. The quantitative estimate of drug-likeness (QED) is 0.739. The first-order valence-corrected chi connectivity index (χ1v) is 7.03. The number of carbonyl (C=O) groups is 1. The van der Waals surface area contributed by atoms with E-state index < -0.39 is 21.8 Å². The van der Waals surface area contributed by atoms with Crippen LogP contribution in [0, 0.1) is 5.82 Å². The number of nitrogens with one attached hydrogen (secondary N) is 1. The second-order valence-corrected chi connectivity index (χ2v) is 5.60. The number of rotatable bonds is 7. The molecule has 0 bridgehead atoms. The second kappa shape index (κ2) is 6.48. The van der Waals surface area contributed by atoms with Crippen LogP contribution in [0.25, 0.3) is 0 Å². The second-order valence-electron chi connectivity index (χ2n) is 3.76. The lowest BCUT2D eigenvalue weighted by molar-refractivity contribution is 0.0698. The van der Waals surface area contributed by atoms with Gasteiger partial charge in [0, 0.05) is 13.7 Å². The van der Waals surface area contributed by atoms with E-state index in [4.69, 9.17) is 9.84 Å². The van der Waals surface area contributed by atoms with Crippen LogP contribution in [0.2, 0.25) is 0 Å². The number of anilines is 1. The highest BCUT2D eigenvalue weighted by Crippen LogP contribution is 2.19. The SMILES string of the molecule is COCCCS(=O)(=O)Nc1cc(F)ccc1C(=O)O. The van der Waals surface area contributed by atoms with Crippen molar-refractivity contribution in [1.82, 2.24) is 0 Å². The molecule has 0 atom stereocenters. The number of hydrogen-bond acceptors (Lipinski definition) is 4. The van der Waals surface area contributed by atoms with Crippen LogP contribution < -0.4 is 4.72 Å². The molecule has 1 rings (SSSR count). The molecule has 0 fully saturated rings. The van der Waals surface area contributed by atoms with Crippen LogP contribution in [0.1, 0.15) is 16.8 Å². The number of carboxylic acids is 1. The summed E-state index contributed by atoms with van der Waals surface area (Å²) in [5.41, 5.74) is -0.596. The number of carboxylic acid groups (broad SMARTS) is 1. The van der Waals surface area contributed by atoms with Crippen LogP contribution in [0.5, 0.6) is 0 Å². The summed E-state index contributed by atoms with van der Waals surface area (Å²) in [4.78, 5) is 10.9. The number of aromatic carboxylic acids is 1. The summed E-state index contributed by atoms with van der Waals surface area (Å²) < 4.78 is 43.2. The predicted molar refractivity (Wildman–Crippen MR) is 67.3 cm³/mol. The summed E-state index contributed by atoms with van der Waals surface area (Å²) in [6, 6.07) is 2.79. The summed E-state index contributed by atoms with van der Waals surface area (Å²) in [6.45, 7) is 0.260. The molecule has 0 saturated heterocycles. The van der Waals surface area contributed by atoms with E-state index in [0.717, 1.165) is 18.2 Å². The fourth-order valence-corrected chi connectivity index (χ4v) is 2.50. The molecular formula is C11H14FNO5S. The molecule has 0 radical (unpaired) electrons. The van der Waals surface area contributed by atoms with Gasteiger partial charge in [-0.2, -0.15) is 0 Å². The Labute approximate surface area is 110 Å². The highest BCUT2D eigenvalue weighted by atomic mass is 32.2. The van der Waals surface area contributed by atoms with Gasteiger partial charge in [0.05, 0.1) is 17.0 Å². The van der Waals surface area contributed by atoms with Gasteiger partial charge in [-0.25, -0.2) is 17.6 Å². The molecule has 0 heterocycles. The van der Waals surface area contributed by atoms with E-state index in [1.165, 1.54) is 7.11 Å². The Bertz CT molecular complexity index is 558. The Morgan fingerprint density at radius 1 is 1.47 bits per heavy atom. The maximum atomic E-state index is 13.0. The average Bonchev–Trinajstić information content (AvgIpc) is 2.28. The number of benzene rings is 1. The number of sulfonamides is 1. The number of methoxy groups -OCH3 is 1. The molecule has 0 spiro atoms. The highest BCUT2D eigenvalue weighted by Gasteiger charge is 2.16. The van der Waals surface area contributed by atoms with E-state index in [-0.39, 0.29) is 30.0 Å². The maximum Gasteiger partial charge on any atom is 0.337 e. The van der Waals surface area contributed by atoms with Crippen molar-refractivity contribution in [2.45, 2.75) is 6.42 Å². The first-order chi connectivity index (χ1) is 8.85. The predicted octanol–water partition coefficient (Wildman–Crippen LogP) is 1.30. The molecule has 0 saturated carbocycles. The summed E-state index contributed by atoms with van der Waals surface area (Å²) in [5, 5.41) is 8.89. The average molecular weight is 291 g/mol. The molecule has 0 aliphatic carbocycles. The third-order valence-corrected chi connectivity index (χ3v) is 3.60. The number of hydrogen-bond donors (Lipinski definition) is 2. The highest BCUT2D eigenvalue weighted by molar-refractivity contribution is 7.92. The van der Waals surface area contributed by atoms with Gasteiger partial charge in [0.1, 0.15) is 5.82 Å². The van der Waals surface area contributed by atoms with Crippen LogP contribution in [-0.4, -0.2) is 39.0 Å². The Balaban J connectivity index is 2.92. The topological polar surface area (TPSA) is 92.7 Å².